The van der Waals surface area contributed by atoms with Crippen LogP contribution in [0.15, 0.2) is 24.3 Å². The molecule has 1 heterocycles. The average molecular weight is 492 g/mol. The number of carbonyl (C=O) groups is 5. The Morgan fingerprint density at radius 3 is 2.34 bits per heavy atom. The van der Waals surface area contributed by atoms with Gasteiger partial charge in [0.1, 0.15) is 24.4 Å². The number of aliphatic carboxylic acids is 1. The van der Waals surface area contributed by atoms with Crippen molar-refractivity contribution in [2.45, 2.75) is 51.2 Å². The summed E-state index contributed by atoms with van der Waals surface area (Å²) in [5.74, 6) is -3.49. The van der Waals surface area contributed by atoms with E-state index in [0.29, 0.717) is 24.9 Å². The lowest BCUT2D eigenvalue weighted by molar-refractivity contribution is -0.140. The van der Waals surface area contributed by atoms with E-state index in [1.165, 1.54) is 17.0 Å². The summed E-state index contributed by atoms with van der Waals surface area (Å²) in [7, 11) is 0. The third kappa shape index (κ3) is 8.25. The molecule has 0 saturated carbocycles. The minimum atomic E-state index is -1.24. The van der Waals surface area contributed by atoms with Gasteiger partial charge in [-0.3, -0.25) is 24.0 Å². The number of rotatable bonds is 11. The van der Waals surface area contributed by atoms with E-state index in [2.05, 4.69) is 16.0 Å². The summed E-state index contributed by atoms with van der Waals surface area (Å²) < 4.78 is 0. The van der Waals surface area contributed by atoms with Crippen molar-refractivity contribution >= 4 is 29.6 Å². The van der Waals surface area contributed by atoms with Crippen molar-refractivity contribution in [2.24, 2.45) is 11.7 Å². The molecule has 7 N–H and O–H groups in total. The number of nitrogens with two attached hydrogens (primary N) is 1. The number of phenols is 1. The average Bonchev–Trinajstić information content (AvgIpc) is 3.31. The minimum Gasteiger partial charge on any atom is -0.508 e. The van der Waals surface area contributed by atoms with Crippen LogP contribution in [0.2, 0.25) is 0 Å². The maximum absolute atomic E-state index is 12.7. The fraction of sp³-hybridized carbons (Fsp3) is 0.522. The second-order valence-corrected chi connectivity index (χ2v) is 8.78. The van der Waals surface area contributed by atoms with Crippen LogP contribution in [0.5, 0.6) is 5.75 Å². The van der Waals surface area contributed by atoms with E-state index in [1.54, 1.807) is 12.1 Å². The standard InChI is InChI=1S/C23H33N5O7/c1-13(2)20(24)23(35)28-9-3-4-17(28)22(34)25-11-18(30)27-16(21(33)26-12-19(31)32)10-14-5-7-15(29)8-6-14/h5-8,13,16-17,20,29H,3-4,9-12,24H2,1-2H3,(H,25,34)(H,26,33)(H,27,30)(H,31,32)/t16-,17-,20-/m0/s1. The van der Waals surface area contributed by atoms with Crippen LogP contribution < -0.4 is 21.7 Å². The van der Waals surface area contributed by atoms with E-state index in [0.717, 1.165) is 0 Å². The van der Waals surface area contributed by atoms with Gasteiger partial charge in [-0.15, -0.1) is 0 Å². The van der Waals surface area contributed by atoms with E-state index < -0.39 is 54.9 Å². The molecular weight excluding hydrogens is 458 g/mol. The highest BCUT2D eigenvalue weighted by molar-refractivity contribution is 5.94. The number of phenolic OH excluding ortho intramolecular Hbond substituents is 1. The van der Waals surface area contributed by atoms with Crippen molar-refractivity contribution in [3.63, 3.8) is 0 Å². The predicted octanol–water partition coefficient (Wildman–Crippen LogP) is -1.29. The third-order valence-corrected chi connectivity index (χ3v) is 5.71. The quantitative estimate of drug-likeness (QED) is 0.220. The number of carboxylic acids is 1. The zero-order valence-corrected chi connectivity index (χ0v) is 19.8. The molecule has 12 heteroatoms. The van der Waals surface area contributed by atoms with Crippen LogP contribution in [-0.2, 0) is 30.4 Å². The number of likely N-dealkylation sites (tertiary alicyclic amines) is 1. The highest BCUT2D eigenvalue weighted by Gasteiger charge is 2.37. The molecule has 2 rings (SSSR count). The molecule has 1 aliphatic heterocycles. The first kappa shape index (κ1) is 27.6. The van der Waals surface area contributed by atoms with Crippen molar-refractivity contribution in [3.8, 4) is 5.75 Å². The number of nitrogens with zero attached hydrogens (tertiary/aromatic N) is 1. The molecule has 1 aromatic rings. The Hall–Kier alpha value is -3.67. The van der Waals surface area contributed by atoms with Crippen LogP contribution in [-0.4, -0.2) is 82.5 Å². The van der Waals surface area contributed by atoms with Gasteiger partial charge in [0.05, 0.1) is 12.6 Å². The highest BCUT2D eigenvalue weighted by atomic mass is 16.4. The fourth-order valence-electron chi connectivity index (χ4n) is 3.67. The van der Waals surface area contributed by atoms with Crippen molar-refractivity contribution < 1.29 is 34.2 Å². The van der Waals surface area contributed by atoms with Crippen LogP contribution in [0, 0.1) is 5.92 Å². The number of carboxylic acid groups (broad SMARTS) is 1. The Balaban J connectivity index is 1.98. The van der Waals surface area contributed by atoms with E-state index in [9.17, 15) is 29.1 Å². The summed E-state index contributed by atoms with van der Waals surface area (Å²) in [6.45, 7) is 2.98. The lowest BCUT2D eigenvalue weighted by atomic mass is 10.0. The summed E-state index contributed by atoms with van der Waals surface area (Å²) in [5.41, 5.74) is 6.56. The number of hydrogen-bond donors (Lipinski definition) is 6. The molecular formula is C23H33N5O7. The van der Waals surface area contributed by atoms with Crippen LogP contribution in [0.25, 0.3) is 0 Å². The van der Waals surface area contributed by atoms with Crippen molar-refractivity contribution in [1.29, 1.82) is 0 Å². The Morgan fingerprint density at radius 1 is 1.09 bits per heavy atom. The predicted molar refractivity (Wildman–Crippen MR) is 125 cm³/mol. The van der Waals surface area contributed by atoms with Gasteiger partial charge in [0.2, 0.25) is 23.6 Å². The van der Waals surface area contributed by atoms with Crippen molar-refractivity contribution in [1.82, 2.24) is 20.9 Å². The van der Waals surface area contributed by atoms with E-state index in [1.807, 2.05) is 13.8 Å². The first-order chi connectivity index (χ1) is 16.5. The fourth-order valence-corrected chi connectivity index (χ4v) is 3.67. The maximum Gasteiger partial charge on any atom is 0.322 e. The molecule has 4 amide bonds. The summed E-state index contributed by atoms with van der Waals surface area (Å²) in [6.07, 6.45) is 1.12. The Morgan fingerprint density at radius 2 is 1.74 bits per heavy atom. The van der Waals surface area contributed by atoms with Crippen LogP contribution in [0.3, 0.4) is 0 Å². The van der Waals surface area contributed by atoms with E-state index in [-0.39, 0.29) is 24.0 Å². The summed E-state index contributed by atoms with van der Waals surface area (Å²) >= 11 is 0. The molecule has 0 radical (unpaired) electrons. The molecule has 0 bridgehead atoms. The monoisotopic (exact) mass is 491 g/mol. The molecule has 0 aromatic heterocycles. The largest absolute Gasteiger partial charge is 0.508 e. The summed E-state index contributed by atoms with van der Waals surface area (Å²) in [5, 5.41) is 25.4. The first-order valence-corrected chi connectivity index (χ1v) is 11.4. The van der Waals surface area contributed by atoms with Gasteiger partial charge in [-0.1, -0.05) is 26.0 Å². The molecule has 0 unspecified atom stereocenters. The zero-order chi connectivity index (χ0) is 26.1. The molecule has 192 valence electrons. The van der Waals surface area contributed by atoms with Gasteiger partial charge in [0.15, 0.2) is 0 Å². The lowest BCUT2D eigenvalue weighted by Gasteiger charge is -2.28. The Kier molecular flexibility index (Phi) is 10.0. The number of nitrogens with one attached hydrogen (secondary N) is 3. The van der Waals surface area contributed by atoms with Crippen LogP contribution in [0.1, 0.15) is 32.3 Å². The highest BCUT2D eigenvalue weighted by Crippen LogP contribution is 2.19. The van der Waals surface area contributed by atoms with Gasteiger partial charge < -0.3 is 36.8 Å². The van der Waals surface area contributed by atoms with Gasteiger partial charge >= 0.3 is 5.97 Å². The first-order valence-electron chi connectivity index (χ1n) is 11.4. The van der Waals surface area contributed by atoms with Gasteiger partial charge in [-0.2, -0.15) is 0 Å². The molecule has 35 heavy (non-hydrogen) atoms. The van der Waals surface area contributed by atoms with E-state index in [4.69, 9.17) is 10.8 Å². The summed E-state index contributed by atoms with van der Waals surface area (Å²) in [6, 6.07) is 3.40. The zero-order valence-electron chi connectivity index (χ0n) is 19.8. The molecule has 1 aromatic carbocycles. The second kappa shape index (κ2) is 12.7. The normalized spacial score (nSPS) is 16.9. The summed E-state index contributed by atoms with van der Waals surface area (Å²) in [4.78, 5) is 62.5. The Bertz CT molecular complexity index is 935. The number of aromatic hydroxyl groups is 1. The molecule has 12 nitrogen and oxygen atoms in total. The third-order valence-electron chi connectivity index (χ3n) is 5.71. The number of benzene rings is 1. The molecule has 3 atom stereocenters. The van der Waals surface area contributed by atoms with Crippen molar-refractivity contribution in [2.75, 3.05) is 19.6 Å². The molecule has 0 spiro atoms. The smallest absolute Gasteiger partial charge is 0.322 e. The second-order valence-electron chi connectivity index (χ2n) is 8.78. The SMILES string of the molecule is CC(C)[C@H](N)C(=O)N1CCC[C@H]1C(=O)NCC(=O)N[C@@H](Cc1ccc(O)cc1)C(=O)NCC(=O)O. The van der Waals surface area contributed by atoms with Crippen molar-refractivity contribution in [3.05, 3.63) is 29.8 Å². The van der Waals surface area contributed by atoms with Crippen LogP contribution >= 0.6 is 0 Å². The molecule has 1 aliphatic rings. The van der Waals surface area contributed by atoms with Gasteiger partial charge in [-0.25, -0.2) is 0 Å². The van der Waals surface area contributed by atoms with Crippen LogP contribution in [0.4, 0.5) is 0 Å². The molecule has 1 fully saturated rings. The Labute approximate surface area is 203 Å². The minimum absolute atomic E-state index is 0.0289. The lowest BCUT2D eigenvalue weighted by Crippen LogP contribution is -2.54. The number of carbonyl (C=O) groups excluding carboxylic acids is 4. The molecule has 0 aliphatic carbocycles. The van der Waals surface area contributed by atoms with Gasteiger partial charge in [0.25, 0.3) is 0 Å². The van der Waals surface area contributed by atoms with E-state index >= 15 is 0 Å². The topological polar surface area (TPSA) is 191 Å². The van der Waals surface area contributed by atoms with Gasteiger partial charge in [0, 0.05) is 13.0 Å². The number of hydrogen-bond acceptors (Lipinski definition) is 7. The molecule has 1 saturated heterocycles. The maximum atomic E-state index is 12.7. The number of amides is 4. The van der Waals surface area contributed by atoms with Gasteiger partial charge in [-0.05, 0) is 36.5 Å².